The average molecular weight is 530 g/mol. The highest BCUT2D eigenvalue weighted by atomic mass is 32.2. The molecule has 1 amide bonds. The third-order valence-corrected chi connectivity index (χ3v) is 9.53. The lowest BCUT2D eigenvalue weighted by molar-refractivity contribution is -0.143. The van der Waals surface area contributed by atoms with E-state index in [2.05, 4.69) is 11.9 Å². The molecule has 0 unspecified atom stereocenters. The van der Waals surface area contributed by atoms with Gasteiger partial charge in [0.2, 0.25) is 10.0 Å². The summed E-state index contributed by atoms with van der Waals surface area (Å²) < 4.78 is 35.3. The van der Waals surface area contributed by atoms with Gasteiger partial charge in [-0.15, -0.1) is 0 Å². The number of amides is 1. The van der Waals surface area contributed by atoms with Gasteiger partial charge in [0.25, 0.3) is 5.91 Å². The lowest BCUT2D eigenvalue weighted by Crippen LogP contribution is -2.37. The fourth-order valence-corrected chi connectivity index (χ4v) is 6.93. The minimum Gasteiger partial charge on any atom is -0.465 e. The van der Waals surface area contributed by atoms with E-state index in [9.17, 15) is 18.0 Å². The van der Waals surface area contributed by atoms with Crippen LogP contribution in [0.5, 0.6) is 0 Å². The van der Waals surface area contributed by atoms with Crippen LogP contribution in [0.25, 0.3) is 10.2 Å². The molecule has 1 saturated heterocycles. The largest absolute Gasteiger partial charge is 0.465 e. The van der Waals surface area contributed by atoms with E-state index in [4.69, 9.17) is 4.74 Å². The van der Waals surface area contributed by atoms with E-state index in [0.29, 0.717) is 23.8 Å². The molecule has 0 spiro atoms. The third kappa shape index (κ3) is 5.45. The number of esters is 1. The van der Waals surface area contributed by atoms with E-state index in [-0.39, 0.29) is 23.6 Å². The van der Waals surface area contributed by atoms with Crippen molar-refractivity contribution in [1.29, 1.82) is 0 Å². The summed E-state index contributed by atoms with van der Waals surface area (Å²) in [7, 11) is -3.60. The number of piperidine rings is 1. The zero-order chi connectivity index (χ0) is 26.0. The first kappa shape index (κ1) is 26.2. The van der Waals surface area contributed by atoms with Crippen LogP contribution >= 0.6 is 11.3 Å². The Balaban J connectivity index is 1.67. The lowest BCUT2D eigenvalue weighted by Gasteiger charge is -2.29. The maximum atomic E-state index is 13.1. The number of fused-ring (bicyclic) bond motifs is 1. The SMILES string of the molecule is CCOC(=O)Cn1c(=NC(=O)c2ccc(S(=O)(=O)N3CCC(C)CC3)cc2)sc2c(C)cc(C)cc21. The first-order valence-electron chi connectivity index (χ1n) is 12.1. The topological polar surface area (TPSA) is 98.0 Å². The molecule has 0 radical (unpaired) electrons. The fourth-order valence-electron chi connectivity index (χ4n) is 4.38. The van der Waals surface area contributed by atoms with E-state index < -0.39 is 21.9 Å². The van der Waals surface area contributed by atoms with Crippen LogP contribution in [0, 0.1) is 19.8 Å². The summed E-state index contributed by atoms with van der Waals surface area (Å²) >= 11 is 1.33. The highest BCUT2D eigenvalue weighted by Crippen LogP contribution is 2.25. The monoisotopic (exact) mass is 529 g/mol. The number of aromatic nitrogens is 1. The van der Waals surface area contributed by atoms with Gasteiger partial charge in [-0.05, 0) is 81.0 Å². The average Bonchev–Trinajstić information content (AvgIpc) is 3.16. The fraction of sp³-hybridized carbons (Fsp3) is 0.423. The molecule has 1 aliphatic heterocycles. The summed E-state index contributed by atoms with van der Waals surface area (Å²) in [6.45, 7) is 9.03. The van der Waals surface area contributed by atoms with Crippen LogP contribution in [-0.4, -0.2) is 48.9 Å². The van der Waals surface area contributed by atoms with Crippen molar-refractivity contribution < 1.29 is 22.7 Å². The zero-order valence-corrected chi connectivity index (χ0v) is 22.6. The van der Waals surface area contributed by atoms with Gasteiger partial charge in [-0.3, -0.25) is 9.59 Å². The molecule has 2 aromatic carbocycles. The molecular weight excluding hydrogens is 498 g/mol. The van der Waals surface area contributed by atoms with Crippen molar-refractivity contribution in [1.82, 2.24) is 8.87 Å². The van der Waals surface area contributed by atoms with Gasteiger partial charge in [0.1, 0.15) is 6.54 Å². The number of aryl methyl sites for hydroxylation is 2. The Bertz CT molecular complexity index is 1460. The Hall–Kier alpha value is -2.82. The minimum absolute atomic E-state index is 0.0610. The van der Waals surface area contributed by atoms with E-state index >= 15 is 0 Å². The number of sulfonamides is 1. The summed E-state index contributed by atoms with van der Waals surface area (Å²) in [6.07, 6.45) is 1.68. The van der Waals surface area contributed by atoms with Crippen LogP contribution in [0.2, 0.25) is 0 Å². The molecule has 0 saturated carbocycles. The molecule has 0 N–H and O–H groups in total. The molecule has 0 bridgehead atoms. The van der Waals surface area contributed by atoms with Crippen molar-refractivity contribution in [2.75, 3.05) is 19.7 Å². The van der Waals surface area contributed by atoms with Crippen molar-refractivity contribution in [3.8, 4) is 0 Å². The number of carbonyl (C=O) groups excluding carboxylic acids is 2. The van der Waals surface area contributed by atoms with Crippen molar-refractivity contribution >= 4 is 43.5 Å². The van der Waals surface area contributed by atoms with Crippen LogP contribution in [0.1, 0.15) is 48.2 Å². The predicted molar refractivity (Wildman–Crippen MR) is 139 cm³/mol. The second-order valence-electron chi connectivity index (χ2n) is 9.23. The summed E-state index contributed by atoms with van der Waals surface area (Å²) in [5, 5.41) is 0. The minimum atomic E-state index is -3.60. The number of thiazole rings is 1. The Kier molecular flexibility index (Phi) is 7.77. The normalized spacial score (nSPS) is 15.9. The van der Waals surface area contributed by atoms with Gasteiger partial charge in [-0.25, -0.2) is 8.42 Å². The number of rotatable bonds is 6. The Labute approximate surface area is 215 Å². The molecule has 2 heterocycles. The molecule has 10 heteroatoms. The molecule has 36 heavy (non-hydrogen) atoms. The van der Waals surface area contributed by atoms with Crippen LogP contribution in [0.15, 0.2) is 46.3 Å². The first-order valence-corrected chi connectivity index (χ1v) is 14.3. The highest BCUT2D eigenvalue weighted by molar-refractivity contribution is 7.89. The molecule has 4 rings (SSSR count). The smallest absolute Gasteiger partial charge is 0.326 e. The number of hydrogen-bond donors (Lipinski definition) is 0. The molecule has 1 fully saturated rings. The van der Waals surface area contributed by atoms with E-state index in [1.54, 1.807) is 11.5 Å². The molecule has 0 atom stereocenters. The first-order chi connectivity index (χ1) is 17.1. The number of hydrogen-bond acceptors (Lipinski definition) is 6. The van der Waals surface area contributed by atoms with Gasteiger partial charge < -0.3 is 9.30 Å². The summed E-state index contributed by atoms with van der Waals surface area (Å²) in [6, 6.07) is 9.90. The zero-order valence-electron chi connectivity index (χ0n) is 21.0. The van der Waals surface area contributed by atoms with Crippen LogP contribution in [0.3, 0.4) is 0 Å². The molecule has 0 aliphatic carbocycles. The number of ether oxygens (including phenoxy) is 1. The summed E-state index contributed by atoms with van der Waals surface area (Å²) in [4.78, 5) is 30.2. The van der Waals surface area contributed by atoms with Crippen molar-refractivity contribution in [3.05, 3.63) is 57.9 Å². The Morgan fingerprint density at radius 3 is 2.42 bits per heavy atom. The van der Waals surface area contributed by atoms with Gasteiger partial charge in [-0.2, -0.15) is 9.30 Å². The van der Waals surface area contributed by atoms with Gasteiger partial charge in [0.05, 0.1) is 21.7 Å². The standard InChI is InChI=1S/C26H31N3O5S2/c1-5-34-23(30)16-29-22-15-18(3)14-19(4)24(22)35-26(29)27-25(31)20-6-8-21(9-7-20)36(32,33)28-12-10-17(2)11-13-28/h6-9,14-15,17H,5,10-13,16H2,1-4H3. The third-order valence-electron chi connectivity index (χ3n) is 6.39. The van der Waals surface area contributed by atoms with Crippen molar-refractivity contribution in [2.24, 2.45) is 10.9 Å². The van der Waals surface area contributed by atoms with Crippen LogP contribution < -0.4 is 4.80 Å². The van der Waals surface area contributed by atoms with Gasteiger partial charge in [-0.1, -0.05) is 24.3 Å². The van der Waals surface area contributed by atoms with Gasteiger partial charge >= 0.3 is 5.97 Å². The van der Waals surface area contributed by atoms with Crippen molar-refractivity contribution in [3.63, 3.8) is 0 Å². The summed E-state index contributed by atoms with van der Waals surface area (Å²) in [5.41, 5.74) is 3.15. The van der Waals surface area contributed by atoms with E-state index in [0.717, 1.165) is 34.2 Å². The van der Waals surface area contributed by atoms with E-state index in [1.807, 2.05) is 26.0 Å². The molecule has 3 aromatic rings. The van der Waals surface area contributed by atoms with Gasteiger partial charge in [0, 0.05) is 18.7 Å². The molecular formula is C26H31N3O5S2. The number of benzene rings is 2. The van der Waals surface area contributed by atoms with Crippen molar-refractivity contribution in [2.45, 2.75) is 52.0 Å². The van der Waals surface area contributed by atoms with E-state index in [1.165, 1.54) is 39.9 Å². The second kappa shape index (κ2) is 10.7. The molecule has 192 valence electrons. The number of nitrogens with zero attached hydrogens (tertiary/aromatic N) is 3. The lowest BCUT2D eigenvalue weighted by atomic mass is 10.0. The predicted octanol–water partition coefficient (Wildman–Crippen LogP) is 4.04. The molecule has 8 nitrogen and oxygen atoms in total. The maximum absolute atomic E-state index is 13.1. The highest BCUT2D eigenvalue weighted by Gasteiger charge is 2.28. The van der Waals surface area contributed by atoms with Gasteiger partial charge in [0.15, 0.2) is 4.80 Å². The number of carbonyl (C=O) groups is 2. The maximum Gasteiger partial charge on any atom is 0.326 e. The second-order valence-corrected chi connectivity index (χ2v) is 12.1. The Morgan fingerprint density at radius 1 is 1.11 bits per heavy atom. The molecule has 1 aliphatic rings. The quantitative estimate of drug-likeness (QED) is 0.449. The Morgan fingerprint density at radius 2 is 1.78 bits per heavy atom. The van der Waals surface area contributed by atoms with Crippen LogP contribution in [0.4, 0.5) is 0 Å². The molecule has 1 aromatic heterocycles. The summed E-state index contributed by atoms with van der Waals surface area (Å²) in [5.74, 6) is -0.400. The van der Waals surface area contributed by atoms with Crippen LogP contribution in [-0.2, 0) is 26.1 Å².